The zero-order valence-corrected chi connectivity index (χ0v) is 16.7. The zero-order valence-electron chi connectivity index (χ0n) is 16.0. The third kappa shape index (κ3) is 3.91. The molecule has 0 spiro atoms. The number of imidazole rings is 1. The average Bonchev–Trinajstić information content (AvgIpc) is 3.20. The Morgan fingerprint density at radius 2 is 1.93 bits per heavy atom. The summed E-state index contributed by atoms with van der Waals surface area (Å²) >= 11 is 6.27. The number of ether oxygens (including phenoxy) is 1. The van der Waals surface area contributed by atoms with E-state index in [1.54, 1.807) is 43.8 Å². The highest BCUT2D eigenvalue weighted by Gasteiger charge is 2.12. The molecule has 1 amide bonds. The van der Waals surface area contributed by atoms with Crippen molar-refractivity contribution in [1.29, 1.82) is 0 Å². The Kier molecular flexibility index (Phi) is 5.51. The van der Waals surface area contributed by atoms with Crippen molar-refractivity contribution in [3.63, 3.8) is 0 Å². The lowest BCUT2D eigenvalue weighted by molar-refractivity contribution is -0.118. The number of anilines is 3. The lowest BCUT2D eigenvalue weighted by atomic mass is 10.1. The molecule has 0 saturated carbocycles. The summed E-state index contributed by atoms with van der Waals surface area (Å²) in [6, 6.07) is 12.6. The smallest absolute Gasteiger partial charge is 0.250 e. The van der Waals surface area contributed by atoms with E-state index in [1.807, 2.05) is 28.8 Å². The number of benzene rings is 2. The van der Waals surface area contributed by atoms with Crippen LogP contribution >= 0.6 is 11.6 Å². The van der Waals surface area contributed by atoms with Crippen molar-refractivity contribution >= 4 is 40.3 Å². The molecule has 0 aliphatic carbocycles. The summed E-state index contributed by atoms with van der Waals surface area (Å²) in [5, 5.41) is 15.1. The number of rotatable bonds is 6. The van der Waals surface area contributed by atoms with Crippen LogP contribution in [0.4, 0.5) is 17.2 Å². The van der Waals surface area contributed by atoms with Gasteiger partial charge < -0.3 is 20.5 Å². The van der Waals surface area contributed by atoms with Crippen LogP contribution in [-0.4, -0.2) is 39.1 Å². The van der Waals surface area contributed by atoms with Gasteiger partial charge in [0, 0.05) is 29.3 Å². The van der Waals surface area contributed by atoms with E-state index in [0.717, 1.165) is 16.9 Å². The van der Waals surface area contributed by atoms with E-state index in [9.17, 15) is 4.79 Å². The van der Waals surface area contributed by atoms with Crippen molar-refractivity contribution < 1.29 is 14.6 Å². The summed E-state index contributed by atoms with van der Waals surface area (Å²) in [6.07, 6.45) is 5.27. The van der Waals surface area contributed by atoms with Gasteiger partial charge in [-0.15, -0.1) is 0 Å². The second-order valence-electron chi connectivity index (χ2n) is 6.37. The van der Waals surface area contributed by atoms with Crippen molar-refractivity contribution in [3.05, 3.63) is 66.1 Å². The van der Waals surface area contributed by atoms with Gasteiger partial charge in [0.1, 0.15) is 12.4 Å². The number of aliphatic hydroxyl groups is 1. The fraction of sp³-hybridized carbons (Fsp3) is 0.0952. The molecule has 9 heteroatoms. The van der Waals surface area contributed by atoms with Crippen LogP contribution in [0, 0.1) is 0 Å². The molecule has 30 heavy (non-hydrogen) atoms. The number of carbonyl (C=O) groups excluding carboxylic acids is 1. The van der Waals surface area contributed by atoms with Crippen LogP contribution in [0.2, 0.25) is 5.02 Å². The average molecular weight is 424 g/mol. The van der Waals surface area contributed by atoms with Gasteiger partial charge in [-0.1, -0.05) is 11.6 Å². The van der Waals surface area contributed by atoms with Crippen molar-refractivity contribution in [2.45, 2.75) is 0 Å². The first-order valence-electron chi connectivity index (χ1n) is 9.03. The topological polar surface area (TPSA) is 101 Å². The Morgan fingerprint density at radius 3 is 2.63 bits per heavy atom. The highest BCUT2D eigenvalue weighted by Crippen LogP contribution is 2.31. The third-order valence-corrected chi connectivity index (χ3v) is 4.75. The number of aromatic nitrogens is 3. The second kappa shape index (κ2) is 8.40. The first-order valence-corrected chi connectivity index (χ1v) is 9.40. The van der Waals surface area contributed by atoms with Gasteiger partial charge in [-0.2, -0.15) is 0 Å². The third-order valence-electron chi connectivity index (χ3n) is 4.45. The molecule has 2 aromatic heterocycles. The van der Waals surface area contributed by atoms with E-state index in [1.165, 1.54) is 0 Å². The monoisotopic (exact) mass is 423 g/mol. The maximum atomic E-state index is 11.3. The Balaban J connectivity index is 1.62. The maximum Gasteiger partial charge on any atom is 0.250 e. The number of methoxy groups -OCH3 is 1. The van der Waals surface area contributed by atoms with Gasteiger partial charge in [-0.3, -0.25) is 9.20 Å². The minimum Gasteiger partial charge on any atom is -0.495 e. The van der Waals surface area contributed by atoms with Gasteiger partial charge in [0.15, 0.2) is 11.5 Å². The highest BCUT2D eigenvalue weighted by atomic mass is 35.5. The summed E-state index contributed by atoms with van der Waals surface area (Å²) in [5.74, 6) is 0.720. The molecule has 4 rings (SSSR count). The number of hydrogen-bond donors (Lipinski definition) is 3. The molecule has 2 heterocycles. The number of carbonyl (C=O) groups is 1. The molecule has 0 unspecified atom stereocenters. The Bertz CT molecular complexity index is 1210. The van der Waals surface area contributed by atoms with E-state index in [-0.39, 0.29) is 0 Å². The molecule has 0 saturated heterocycles. The van der Waals surface area contributed by atoms with Gasteiger partial charge >= 0.3 is 0 Å². The Morgan fingerprint density at radius 1 is 1.17 bits per heavy atom. The van der Waals surface area contributed by atoms with Crippen molar-refractivity contribution in [2.75, 3.05) is 24.4 Å². The molecule has 0 aliphatic rings. The first kappa shape index (κ1) is 19.7. The largest absolute Gasteiger partial charge is 0.495 e. The fourth-order valence-electron chi connectivity index (χ4n) is 3.02. The van der Waals surface area contributed by atoms with Crippen LogP contribution in [0.5, 0.6) is 5.75 Å². The van der Waals surface area contributed by atoms with Crippen LogP contribution in [-0.2, 0) is 4.79 Å². The number of hydrogen-bond acceptors (Lipinski definition) is 6. The van der Waals surface area contributed by atoms with Crippen LogP contribution in [0.15, 0.2) is 61.1 Å². The predicted molar refractivity (Wildman–Crippen MR) is 115 cm³/mol. The highest BCUT2D eigenvalue weighted by molar-refractivity contribution is 6.32. The van der Waals surface area contributed by atoms with Crippen LogP contribution in [0.25, 0.3) is 16.9 Å². The summed E-state index contributed by atoms with van der Waals surface area (Å²) in [6.45, 7) is -0.562. The molecule has 0 atom stereocenters. The molecule has 3 N–H and O–H groups in total. The van der Waals surface area contributed by atoms with Gasteiger partial charge in [-0.25, -0.2) is 9.97 Å². The Hall–Kier alpha value is -3.62. The number of nitrogens with zero attached hydrogens (tertiary/aromatic N) is 3. The number of halogens is 1. The van der Waals surface area contributed by atoms with E-state index in [2.05, 4.69) is 20.6 Å². The SMILES string of the molecule is COc1ccc(-c2cnc3c(Nc4ccc(NC(=O)CO)cc4)nccn23)cc1Cl. The molecule has 0 radical (unpaired) electrons. The number of fused-ring (bicyclic) bond motifs is 1. The second-order valence-corrected chi connectivity index (χ2v) is 6.78. The maximum absolute atomic E-state index is 11.3. The standard InChI is InChI=1S/C21H18ClN5O3/c1-30-18-7-2-13(10-16(18)22)17-11-24-21-20(23-8-9-27(17)21)26-15-5-3-14(4-6-15)25-19(29)12-28/h2-11,28H,12H2,1H3,(H,23,26)(H,25,29). The van der Waals surface area contributed by atoms with E-state index < -0.39 is 12.5 Å². The minimum absolute atomic E-state index is 0.467. The first-order chi connectivity index (χ1) is 14.6. The van der Waals surface area contributed by atoms with Gasteiger partial charge in [0.25, 0.3) is 0 Å². The molecule has 8 nitrogen and oxygen atoms in total. The van der Waals surface area contributed by atoms with E-state index >= 15 is 0 Å². The normalized spacial score (nSPS) is 10.8. The molecule has 0 fully saturated rings. The van der Waals surface area contributed by atoms with E-state index in [0.29, 0.717) is 27.9 Å². The van der Waals surface area contributed by atoms with Crippen LogP contribution in [0.3, 0.4) is 0 Å². The van der Waals surface area contributed by atoms with Gasteiger partial charge in [0.05, 0.1) is 24.0 Å². The van der Waals surface area contributed by atoms with Gasteiger partial charge in [0.2, 0.25) is 5.91 Å². The van der Waals surface area contributed by atoms with Crippen molar-refractivity contribution in [1.82, 2.24) is 14.4 Å². The molecular formula is C21H18ClN5O3. The molecule has 4 aromatic rings. The summed E-state index contributed by atoms with van der Waals surface area (Å²) in [4.78, 5) is 20.2. The Labute approximate surface area is 177 Å². The summed E-state index contributed by atoms with van der Waals surface area (Å²) < 4.78 is 7.14. The van der Waals surface area contributed by atoms with Crippen molar-refractivity contribution in [3.8, 4) is 17.0 Å². The number of amides is 1. The van der Waals surface area contributed by atoms with Gasteiger partial charge in [-0.05, 0) is 42.5 Å². The lowest BCUT2D eigenvalue weighted by Gasteiger charge is -2.09. The summed E-state index contributed by atoms with van der Waals surface area (Å²) in [5.41, 5.74) is 3.77. The minimum atomic E-state index is -0.562. The van der Waals surface area contributed by atoms with Crippen LogP contribution in [0.1, 0.15) is 0 Å². The number of nitrogens with one attached hydrogen (secondary N) is 2. The molecule has 152 valence electrons. The van der Waals surface area contributed by atoms with E-state index in [4.69, 9.17) is 21.4 Å². The van der Waals surface area contributed by atoms with Crippen LogP contribution < -0.4 is 15.4 Å². The molecule has 0 aliphatic heterocycles. The fourth-order valence-corrected chi connectivity index (χ4v) is 3.28. The molecular weight excluding hydrogens is 406 g/mol. The molecule has 0 bridgehead atoms. The predicted octanol–water partition coefficient (Wildman–Crippen LogP) is 3.73. The lowest BCUT2D eigenvalue weighted by Crippen LogP contribution is -2.15. The quantitative estimate of drug-likeness (QED) is 0.437. The summed E-state index contributed by atoms with van der Waals surface area (Å²) in [7, 11) is 1.58. The van der Waals surface area contributed by atoms with Crippen molar-refractivity contribution in [2.24, 2.45) is 0 Å². The zero-order chi connectivity index (χ0) is 21.1. The number of aliphatic hydroxyl groups excluding tert-OH is 1. The molecule has 2 aromatic carbocycles.